The lowest BCUT2D eigenvalue weighted by Crippen LogP contribution is -2.19. The van der Waals surface area contributed by atoms with Crippen molar-refractivity contribution in [2.24, 2.45) is 11.8 Å². The lowest BCUT2D eigenvalue weighted by molar-refractivity contribution is 0.460. The van der Waals surface area contributed by atoms with E-state index in [1.165, 1.54) is 13.0 Å². The first-order chi connectivity index (χ1) is 5.91. The molecule has 1 unspecified atom stereocenters. The first-order valence-corrected chi connectivity index (χ1v) is 6.13. The first-order valence-electron chi connectivity index (χ1n) is 5.29. The van der Waals surface area contributed by atoms with Crippen molar-refractivity contribution in [1.29, 1.82) is 0 Å². The van der Waals surface area contributed by atoms with Crippen LogP contribution in [0.3, 0.4) is 0 Å². The van der Waals surface area contributed by atoms with Crippen LogP contribution < -0.4 is 0 Å². The van der Waals surface area contributed by atoms with Gasteiger partial charge in [0.05, 0.1) is 0 Å². The minimum Gasteiger partial charge on any atom is -0.253 e. The molecule has 1 nitrogen and oxygen atoms in total. The summed E-state index contributed by atoms with van der Waals surface area (Å²) in [6.07, 6.45) is 1.31. The average Bonchev–Trinajstić information content (AvgIpc) is 1.80. The second-order valence-corrected chi connectivity index (χ2v) is 6.39. The van der Waals surface area contributed by atoms with E-state index < -0.39 is 0 Å². The number of hydrogen-bond donors (Lipinski definition) is 0. The normalized spacial score (nSPS) is 14.5. The van der Waals surface area contributed by atoms with Crippen LogP contribution in [0.2, 0.25) is 0 Å². The van der Waals surface area contributed by atoms with Gasteiger partial charge in [-0.15, -0.1) is 0 Å². The molecule has 0 aliphatic carbocycles. The molecule has 0 aliphatic heterocycles. The van der Waals surface area contributed by atoms with Gasteiger partial charge < -0.3 is 0 Å². The molecular formula is C11H25NS. The summed E-state index contributed by atoms with van der Waals surface area (Å²) in [6.45, 7) is 12.6. The van der Waals surface area contributed by atoms with E-state index in [0.717, 1.165) is 17.1 Å². The largest absolute Gasteiger partial charge is 0.253 e. The molecule has 0 radical (unpaired) electrons. The van der Waals surface area contributed by atoms with Gasteiger partial charge in [0.25, 0.3) is 0 Å². The molecule has 13 heavy (non-hydrogen) atoms. The molecule has 0 fully saturated rings. The minimum absolute atomic E-state index is 0.753. The zero-order valence-corrected chi connectivity index (χ0v) is 10.8. The predicted octanol–water partition coefficient (Wildman–Crippen LogP) is 3.66. The molecule has 1 atom stereocenters. The van der Waals surface area contributed by atoms with E-state index in [1.807, 2.05) is 11.9 Å². The summed E-state index contributed by atoms with van der Waals surface area (Å²) in [7, 11) is 2.20. The van der Waals surface area contributed by atoms with Crippen LogP contribution in [0.5, 0.6) is 0 Å². The second kappa shape index (κ2) is 6.72. The molecule has 0 saturated heterocycles. The highest BCUT2D eigenvalue weighted by Crippen LogP contribution is 2.21. The number of nitrogens with zero attached hydrogens (tertiary/aromatic N) is 1. The van der Waals surface area contributed by atoms with Crippen LogP contribution in [0.4, 0.5) is 0 Å². The average molecular weight is 203 g/mol. The fourth-order valence-electron chi connectivity index (χ4n) is 1.57. The van der Waals surface area contributed by atoms with E-state index in [4.69, 9.17) is 0 Å². The Kier molecular flexibility index (Phi) is 6.88. The molecular weight excluding hydrogens is 178 g/mol. The van der Waals surface area contributed by atoms with Gasteiger partial charge in [-0.2, -0.15) is 0 Å². The van der Waals surface area contributed by atoms with Crippen molar-refractivity contribution in [3.8, 4) is 0 Å². The minimum atomic E-state index is 0.753. The Morgan fingerprint density at radius 2 is 1.54 bits per heavy atom. The van der Waals surface area contributed by atoms with Crippen molar-refractivity contribution in [1.82, 2.24) is 4.31 Å². The fourth-order valence-corrected chi connectivity index (χ4v) is 3.04. The van der Waals surface area contributed by atoms with Crippen LogP contribution in [0.25, 0.3) is 0 Å². The van der Waals surface area contributed by atoms with Gasteiger partial charge in [0.1, 0.15) is 0 Å². The molecule has 0 aromatic rings. The Morgan fingerprint density at radius 3 is 1.92 bits per heavy atom. The SMILES string of the molecule is CC(C)CC(C)SN(C)CC(C)C. The van der Waals surface area contributed by atoms with E-state index in [-0.39, 0.29) is 0 Å². The van der Waals surface area contributed by atoms with Gasteiger partial charge in [0.15, 0.2) is 0 Å². The topological polar surface area (TPSA) is 3.24 Å². The monoisotopic (exact) mass is 203 g/mol. The molecule has 0 aliphatic rings. The Labute approximate surface area is 88.4 Å². The molecule has 0 saturated carbocycles. The highest BCUT2D eigenvalue weighted by molar-refractivity contribution is 7.97. The van der Waals surface area contributed by atoms with Crippen LogP contribution in [0.15, 0.2) is 0 Å². The van der Waals surface area contributed by atoms with E-state index in [1.54, 1.807) is 0 Å². The molecule has 0 aromatic heterocycles. The summed E-state index contributed by atoms with van der Waals surface area (Å²) < 4.78 is 2.37. The third kappa shape index (κ3) is 8.63. The van der Waals surface area contributed by atoms with Gasteiger partial charge in [-0.05, 0) is 25.3 Å². The Balaban J connectivity index is 3.58. The van der Waals surface area contributed by atoms with Crippen molar-refractivity contribution in [3.05, 3.63) is 0 Å². The third-order valence-corrected chi connectivity index (χ3v) is 2.85. The van der Waals surface area contributed by atoms with Crippen molar-refractivity contribution >= 4 is 11.9 Å². The van der Waals surface area contributed by atoms with Crippen molar-refractivity contribution in [2.75, 3.05) is 13.6 Å². The van der Waals surface area contributed by atoms with Crippen molar-refractivity contribution in [2.45, 2.75) is 46.3 Å². The molecule has 0 amide bonds. The zero-order chi connectivity index (χ0) is 10.4. The van der Waals surface area contributed by atoms with E-state index in [0.29, 0.717) is 0 Å². The zero-order valence-electron chi connectivity index (χ0n) is 10.0. The summed E-state index contributed by atoms with van der Waals surface area (Å²) >= 11 is 1.99. The highest BCUT2D eigenvalue weighted by atomic mass is 32.2. The number of rotatable bonds is 6. The van der Waals surface area contributed by atoms with Crippen LogP contribution in [0, 0.1) is 11.8 Å². The summed E-state index contributed by atoms with van der Waals surface area (Å²) in [5.74, 6) is 1.58. The second-order valence-electron chi connectivity index (χ2n) is 4.75. The van der Waals surface area contributed by atoms with Crippen LogP contribution in [0.1, 0.15) is 41.0 Å². The molecule has 0 spiro atoms. The maximum absolute atomic E-state index is 2.37. The molecule has 80 valence electrons. The lowest BCUT2D eigenvalue weighted by Gasteiger charge is -2.22. The summed E-state index contributed by atoms with van der Waals surface area (Å²) in [6, 6.07) is 0. The van der Waals surface area contributed by atoms with E-state index >= 15 is 0 Å². The summed E-state index contributed by atoms with van der Waals surface area (Å²) in [5, 5.41) is 0.753. The molecule has 0 N–H and O–H groups in total. The van der Waals surface area contributed by atoms with Crippen LogP contribution >= 0.6 is 11.9 Å². The van der Waals surface area contributed by atoms with Crippen LogP contribution in [-0.2, 0) is 0 Å². The van der Waals surface area contributed by atoms with E-state index in [2.05, 4.69) is 46.0 Å². The predicted molar refractivity (Wildman–Crippen MR) is 64.0 cm³/mol. The Hall–Kier alpha value is 0.310. The maximum atomic E-state index is 2.37. The summed E-state index contributed by atoms with van der Waals surface area (Å²) in [4.78, 5) is 0. The molecule has 0 heterocycles. The van der Waals surface area contributed by atoms with Gasteiger partial charge in [-0.25, -0.2) is 0 Å². The quantitative estimate of drug-likeness (QED) is 0.606. The van der Waals surface area contributed by atoms with Gasteiger partial charge >= 0.3 is 0 Å². The van der Waals surface area contributed by atoms with E-state index in [9.17, 15) is 0 Å². The van der Waals surface area contributed by atoms with Crippen molar-refractivity contribution < 1.29 is 0 Å². The smallest absolute Gasteiger partial charge is 0.0169 e. The fraction of sp³-hybridized carbons (Fsp3) is 1.00. The van der Waals surface area contributed by atoms with Gasteiger partial charge in [0, 0.05) is 11.8 Å². The van der Waals surface area contributed by atoms with Gasteiger partial charge in [-0.3, -0.25) is 4.31 Å². The Bertz CT molecular complexity index is 109. The standard InChI is InChI=1S/C11H25NS/c1-9(2)7-11(5)13-12(6)8-10(3)4/h9-11H,7-8H2,1-6H3. The molecule has 0 rings (SSSR count). The molecule has 2 heteroatoms. The third-order valence-electron chi connectivity index (χ3n) is 1.79. The van der Waals surface area contributed by atoms with Crippen LogP contribution in [-0.4, -0.2) is 23.1 Å². The highest BCUT2D eigenvalue weighted by Gasteiger charge is 2.09. The van der Waals surface area contributed by atoms with Gasteiger partial charge in [0.2, 0.25) is 0 Å². The van der Waals surface area contributed by atoms with Gasteiger partial charge in [-0.1, -0.05) is 46.6 Å². The van der Waals surface area contributed by atoms with Crippen molar-refractivity contribution in [3.63, 3.8) is 0 Å². The molecule has 0 bridgehead atoms. The maximum Gasteiger partial charge on any atom is 0.0169 e. The first kappa shape index (κ1) is 13.3. The number of hydrogen-bond acceptors (Lipinski definition) is 2. The lowest BCUT2D eigenvalue weighted by atomic mass is 10.1. The molecule has 0 aromatic carbocycles. The Morgan fingerprint density at radius 1 is 1.00 bits per heavy atom. The summed E-state index contributed by atoms with van der Waals surface area (Å²) in [5.41, 5.74) is 0.